The number of halogens is 1. The minimum atomic E-state index is -3.83. The number of hydrogen-bond donors (Lipinski definition) is 3. The van der Waals surface area contributed by atoms with Gasteiger partial charge >= 0.3 is 0 Å². The fourth-order valence-electron chi connectivity index (χ4n) is 2.09. The van der Waals surface area contributed by atoms with Crippen LogP contribution >= 0.6 is 0 Å². The Hall–Kier alpha value is -2.50. The average Bonchev–Trinajstić information content (AvgIpc) is 2.63. The molecule has 0 aliphatic carbocycles. The van der Waals surface area contributed by atoms with Crippen molar-refractivity contribution in [2.45, 2.75) is 18.2 Å². The van der Waals surface area contributed by atoms with Gasteiger partial charge in [-0.25, -0.2) is 25.9 Å². The number of carbonyl (C=O) groups is 1. The lowest BCUT2D eigenvalue weighted by atomic mass is 10.3. The Morgan fingerprint density at radius 3 is 2.07 bits per heavy atom. The van der Waals surface area contributed by atoms with Crippen molar-refractivity contribution in [3.8, 4) is 0 Å². The summed E-state index contributed by atoms with van der Waals surface area (Å²) < 4.78 is 64.6. The van der Waals surface area contributed by atoms with Gasteiger partial charge in [0.25, 0.3) is 0 Å². The second-order valence-corrected chi connectivity index (χ2v) is 9.51. The zero-order valence-electron chi connectivity index (χ0n) is 15.0. The minimum absolute atomic E-state index is 0.0562. The molecule has 0 atom stereocenters. The Balaban J connectivity index is 1.84. The van der Waals surface area contributed by atoms with Crippen molar-refractivity contribution >= 4 is 37.3 Å². The minimum Gasteiger partial charge on any atom is -0.326 e. The van der Waals surface area contributed by atoms with E-state index >= 15 is 0 Å². The highest BCUT2D eigenvalue weighted by Gasteiger charge is 2.14. The Bertz CT molecular complexity index is 1020. The van der Waals surface area contributed by atoms with Crippen molar-refractivity contribution in [2.75, 3.05) is 22.3 Å². The molecule has 28 heavy (non-hydrogen) atoms. The van der Waals surface area contributed by atoms with Crippen LogP contribution in [0.25, 0.3) is 0 Å². The molecule has 2 rings (SSSR count). The van der Waals surface area contributed by atoms with Crippen LogP contribution in [0, 0.1) is 5.82 Å². The predicted octanol–water partition coefficient (Wildman–Crippen LogP) is 1.89. The van der Waals surface area contributed by atoms with Crippen molar-refractivity contribution in [2.24, 2.45) is 0 Å². The standard InChI is InChI=1S/C17H20FN3O5S2/c1-2-27(23,24)21-15-7-5-14(6-8-15)20-17(22)11-12-19-28(25,26)16-9-3-13(18)4-10-16/h3-10,19,21H,2,11-12H2,1H3,(H,20,22). The van der Waals surface area contributed by atoms with Gasteiger partial charge in [-0.1, -0.05) is 0 Å². The van der Waals surface area contributed by atoms with Gasteiger partial charge in [-0.05, 0) is 55.5 Å². The smallest absolute Gasteiger partial charge is 0.240 e. The zero-order valence-corrected chi connectivity index (χ0v) is 16.6. The Morgan fingerprint density at radius 1 is 0.929 bits per heavy atom. The molecule has 3 N–H and O–H groups in total. The number of amides is 1. The third-order valence-electron chi connectivity index (χ3n) is 3.59. The molecule has 0 aromatic heterocycles. The second-order valence-electron chi connectivity index (χ2n) is 5.73. The van der Waals surface area contributed by atoms with E-state index in [1.807, 2.05) is 0 Å². The first-order chi connectivity index (χ1) is 13.1. The number of carbonyl (C=O) groups excluding carboxylic acids is 1. The van der Waals surface area contributed by atoms with E-state index in [0.717, 1.165) is 24.3 Å². The van der Waals surface area contributed by atoms with Crippen LogP contribution in [-0.2, 0) is 24.8 Å². The molecular weight excluding hydrogens is 409 g/mol. The van der Waals surface area contributed by atoms with Gasteiger partial charge in [0.05, 0.1) is 10.6 Å². The summed E-state index contributed by atoms with van der Waals surface area (Å²) in [4.78, 5) is 11.8. The number of anilines is 2. The van der Waals surface area contributed by atoms with Crippen molar-refractivity contribution in [3.63, 3.8) is 0 Å². The van der Waals surface area contributed by atoms with Crippen molar-refractivity contribution in [1.82, 2.24) is 4.72 Å². The van der Waals surface area contributed by atoms with Crippen LogP contribution in [0.15, 0.2) is 53.4 Å². The molecule has 0 heterocycles. The maximum atomic E-state index is 12.9. The normalized spacial score (nSPS) is 11.8. The maximum absolute atomic E-state index is 12.9. The lowest BCUT2D eigenvalue weighted by molar-refractivity contribution is -0.116. The van der Waals surface area contributed by atoms with Gasteiger partial charge in [-0.3, -0.25) is 9.52 Å². The van der Waals surface area contributed by atoms with Crippen LogP contribution in [-0.4, -0.2) is 35.0 Å². The number of sulfonamides is 2. The van der Waals surface area contributed by atoms with Gasteiger partial charge in [0, 0.05) is 24.3 Å². The average molecular weight is 429 g/mol. The zero-order chi connectivity index (χ0) is 20.8. The molecule has 0 radical (unpaired) electrons. The van der Waals surface area contributed by atoms with Crippen LogP contribution in [0.2, 0.25) is 0 Å². The van der Waals surface area contributed by atoms with E-state index in [4.69, 9.17) is 0 Å². The molecule has 0 unspecified atom stereocenters. The Morgan fingerprint density at radius 2 is 1.50 bits per heavy atom. The van der Waals surface area contributed by atoms with Gasteiger partial charge in [0.1, 0.15) is 5.82 Å². The third kappa shape index (κ3) is 6.59. The maximum Gasteiger partial charge on any atom is 0.240 e. The van der Waals surface area contributed by atoms with Crippen LogP contribution in [0.4, 0.5) is 15.8 Å². The number of rotatable bonds is 9. The summed E-state index contributed by atoms with van der Waals surface area (Å²) in [6.45, 7) is 1.38. The molecule has 0 saturated carbocycles. The van der Waals surface area contributed by atoms with Gasteiger partial charge in [0.15, 0.2) is 0 Å². The number of hydrogen-bond acceptors (Lipinski definition) is 5. The molecule has 0 fully saturated rings. The fraction of sp³-hybridized carbons (Fsp3) is 0.235. The first-order valence-electron chi connectivity index (χ1n) is 8.27. The van der Waals surface area contributed by atoms with Gasteiger partial charge in [0.2, 0.25) is 26.0 Å². The van der Waals surface area contributed by atoms with E-state index in [9.17, 15) is 26.0 Å². The molecule has 2 aromatic carbocycles. The van der Waals surface area contributed by atoms with Gasteiger partial charge < -0.3 is 5.32 Å². The van der Waals surface area contributed by atoms with Crippen LogP contribution in [0.3, 0.4) is 0 Å². The van der Waals surface area contributed by atoms with Crippen LogP contribution < -0.4 is 14.8 Å². The van der Waals surface area contributed by atoms with E-state index < -0.39 is 31.8 Å². The fourth-order valence-corrected chi connectivity index (χ4v) is 3.76. The third-order valence-corrected chi connectivity index (χ3v) is 6.37. The highest BCUT2D eigenvalue weighted by Crippen LogP contribution is 2.15. The quantitative estimate of drug-likeness (QED) is 0.562. The van der Waals surface area contributed by atoms with Crippen LogP contribution in [0.1, 0.15) is 13.3 Å². The lowest BCUT2D eigenvalue weighted by Crippen LogP contribution is -2.27. The second kappa shape index (κ2) is 9.13. The van der Waals surface area contributed by atoms with E-state index in [1.54, 1.807) is 0 Å². The first-order valence-corrected chi connectivity index (χ1v) is 11.4. The van der Waals surface area contributed by atoms with E-state index in [1.165, 1.54) is 31.2 Å². The SMILES string of the molecule is CCS(=O)(=O)Nc1ccc(NC(=O)CCNS(=O)(=O)c2ccc(F)cc2)cc1. The van der Waals surface area contributed by atoms with Crippen molar-refractivity contribution in [3.05, 3.63) is 54.3 Å². The molecule has 8 nitrogen and oxygen atoms in total. The number of benzene rings is 2. The van der Waals surface area contributed by atoms with Crippen LogP contribution in [0.5, 0.6) is 0 Å². The largest absolute Gasteiger partial charge is 0.326 e. The molecule has 0 spiro atoms. The summed E-state index contributed by atoms with van der Waals surface area (Å²) in [6, 6.07) is 10.4. The summed E-state index contributed by atoms with van der Waals surface area (Å²) >= 11 is 0. The van der Waals surface area contributed by atoms with Gasteiger partial charge in [-0.15, -0.1) is 0 Å². The summed E-state index contributed by atoms with van der Waals surface area (Å²) in [5.74, 6) is -1.03. The molecule has 1 amide bonds. The van der Waals surface area contributed by atoms with Crippen molar-refractivity contribution in [1.29, 1.82) is 0 Å². The predicted molar refractivity (Wildman–Crippen MR) is 104 cm³/mol. The topological polar surface area (TPSA) is 121 Å². The van der Waals surface area contributed by atoms with E-state index in [-0.39, 0.29) is 23.6 Å². The van der Waals surface area contributed by atoms with E-state index in [0.29, 0.717) is 11.4 Å². The molecule has 152 valence electrons. The summed E-state index contributed by atoms with van der Waals surface area (Å²) in [5.41, 5.74) is 0.803. The lowest BCUT2D eigenvalue weighted by Gasteiger charge is -2.09. The molecular formula is C17H20FN3O5S2. The monoisotopic (exact) mass is 429 g/mol. The Labute approximate surface area is 163 Å². The Kier molecular flexibility index (Phi) is 7.11. The van der Waals surface area contributed by atoms with E-state index in [2.05, 4.69) is 14.8 Å². The van der Waals surface area contributed by atoms with Crippen molar-refractivity contribution < 1.29 is 26.0 Å². The first kappa shape index (κ1) is 21.8. The molecule has 2 aromatic rings. The molecule has 11 heteroatoms. The molecule has 0 aliphatic heterocycles. The highest BCUT2D eigenvalue weighted by molar-refractivity contribution is 7.92. The summed E-state index contributed by atoms with van der Waals surface area (Å²) in [7, 11) is -7.22. The summed E-state index contributed by atoms with van der Waals surface area (Å²) in [6.07, 6.45) is -0.120. The highest BCUT2D eigenvalue weighted by atomic mass is 32.2. The number of nitrogens with one attached hydrogen (secondary N) is 3. The summed E-state index contributed by atoms with van der Waals surface area (Å²) in [5, 5.41) is 2.58. The molecule has 0 bridgehead atoms. The van der Waals surface area contributed by atoms with Gasteiger partial charge in [-0.2, -0.15) is 0 Å². The molecule has 0 saturated heterocycles. The molecule has 0 aliphatic rings.